The van der Waals surface area contributed by atoms with Gasteiger partial charge in [0.1, 0.15) is 0 Å². The van der Waals surface area contributed by atoms with Gasteiger partial charge in [0.15, 0.2) is 0 Å². The molecule has 116 valence electrons. The smallest absolute Gasteiger partial charge is 0.0527 e. The molecule has 0 saturated carbocycles. The monoisotopic (exact) mass is 303 g/mol. The van der Waals surface area contributed by atoms with E-state index in [1.807, 2.05) is 6.07 Å². The standard InChI is InChI=1S/C17H29N3Si/c1-17(2,3)21(4,5)14-13-16(19-20-18)12-11-15-9-7-6-8-10-15/h6-10,16H,11-14H2,1-5H3. The fourth-order valence-electron chi connectivity index (χ4n) is 2.21. The highest BCUT2D eigenvalue weighted by Gasteiger charge is 2.34. The van der Waals surface area contributed by atoms with E-state index in [2.05, 4.69) is 68.2 Å². The number of hydrogen-bond donors (Lipinski definition) is 0. The van der Waals surface area contributed by atoms with E-state index < -0.39 is 8.07 Å². The van der Waals surface area contributed by atoms with Crippen LogP contribution >= 0.6 is 0 Å². The van der Waals surface area contributed by atoms with Gasteiger partial charge in [-0.15, -0.1) is 0 Å². The molecule has 0 radical (unpaired) electrons. The van der Waals surface area contributed by atoms with Crippen LogP contribution in [0.5, 0.6) is 0 Å². The van der Waals surface area contributed by atoms with Gasteiger partial charge in [-0.1, -0.05) is 75.4 Å². The lowest BCUT2D eigenvalue weighted by molar-refractivity contribution is 0.581. The molecule has 4 heteroatoms. The highest BCUT2D eigenvalue weighted by molar-refractivity contribution is 6.80. The fourth-order valence-corrected chi connectivity index (χ4v) is 4.02. The third kappa shape index (κ3) is 5.94. The highest BCUT2D eigenvalue weighted by atomic mass is 28.3. The molecular weight excluding hydrogens is 274 g/mol. The molecule has 1 aromatic carbocycles. The minimum atomic E-state index is -1.29. The molecule has 1 unspecified atom stereocenters. The Kier molecular flexibility index (Phi) is 6.50. The normalized spacial score (nSPS) is 13.6. The van der Waals surface area contributed by atoms with E-state index in [4.69, 9.17) is 5.53 Å². The second-order valence-corrected chi connectivity index (χ2v) is 13.3. The molecule has 0 heterocycles. The summed E-state index contributed by atoms with van der Waals surface area (Å²) in [6.07, 6.45) is 2.96. The van der Waals surface area contributed by atoms with Crippen molar-refractivity contribution in [1.29, 1.82) is 0 Å². The number of hydrogen-bond acceptors (Lipinski definition) is 1. The van der Waals surface area contributed by atoms with Gasteiger partial charge < -0.3 is 0 Å². The summed E-state index contributed by atoms with van der Waals surface area (Å²) in [4.78, 5) is 3.05. The second kappa shape index (κ2) is 7.67. The zero-order valence-corrected chi connectivity index (χ0v) is 15.1. The van der Waals surface area contributed by atoms with Crippen LogP contribution in [0.25, 0.3) is 10.4 Å². The Morgan fingerprint density at radius 1 is 1.14 bits per heavy atom. The zero-order valence-electron chi connectivity index (χ0n) is 14.1. The highest BCUT2D eigenvalue weighted by Crippen LogP contribution is 2.39. The first kappa shape index (κ1) is 17.8. The molecule has 0 aromatic heterocycles. The van der Waals surface area contributed by atoms with Crippen molar-refractivity contribution < 1.29 is 0 Å². The van der Waals surface area contributed by atoms with E-state index >= 15 is 0 Å². The van der Waals surface area contributed by atoms with Gasteiger partial charge >= 0.3 is 0 Å². The topological polar surface area (TPSA) is 48.8 Å². The van der Waals surface area contributed by atoms with Crippen molar-refractivity contribution in [3.05, 3.63) is 46.3 Å². The lowest BCUT2D eigenvalue weighted by atomic mass is 10.0. The Morgan fingerprint density at radius 2 is 1.76 bits per heavy atom. The Labute approximate surface area is 130 Å². The van der Waals surface area contributed by atoms with Crippen molar-refractivity contribution in [2.75, 3.05) is 0 Å². The number of benzene rings is 1. The lowest BCUT2D eigenvalue weighted by Crippen LogP contribution is -2.37. The number of rotatable bonds is 7. The molecule has 0 amide bonds. The zero-order chi connectivity index (χ0) is 15.9. The van der Waals surface area contributed by atoms with E-state index in [1.54, 1.807) is 0 Å². The Bertz CT molecular complexity index is 471. The maximum absolute atomic E-state index is 8.79. The van der Waals surface area contributed by atoms with Crippen LogP contribution in [0.1, 0.15) is 39.2 Å². The summed E-state index contributed by atoms with van der Waals surface area (Å²) in [6, 6.07) is 11.8. The van der Waals surface area contributed by atoms with E-state index in [-0.39, 0.29) is 6.04 Å². The van der Waals surface area contributed by atoms with Gasteiger partial charge in [-0.05, 0) is 35.4 Å². The molecule has 1 aromatic rings. The van der Waals surface area contributed by atoms with Gasteiger partial charge in [-0.25, -0.2) is 0 Å². The molecule has 0 bridgehead atoms. The number of azide groups is 1. The maximum atomic E-state index is 8.79. The van der Waals surface area contributed by atoms with Crippen LogP contribution in [0.4, 0.5) is 0 Å². The van der Waals surface area contributed by atoms with E-state index in [0.717, 1.165) is 19.3 Å². The van der Waals surface area contributed by atoms with Gasteiger partial charge in [0.05, 0.1) is 8.07 Å². The van der Waals surface area contributed by atoms with Gasteiger partial charge in [-0.3, -0.25) is 0 Å². The SMILES string of the molecule is CC(C)(C)[Si](C)(C)CCC(CCc1ccccc1)N=[N+]=[N-]. The molecule has 3 nitrogen and oxygen atoms in total. The largest absolute Gasteiger partial charge is 0.0906 e. The summed E-state index contributed by atoms with van der Waals surface area (Å²) in [5.41, 5.74) is 10.1. The molecular formula is C17H29N3Si. The molecule has 0 aliphatic rings. The van der Waals surface area contributed by atoms with Crippen molar-refractivity contribution in [3.63, 3.8) is 0 Å². The molecule has 0 aliphatic heterocycles. The molecule has 1 rings (SSSR count). The number of nitrogens with zero attached hydrogens (tertiary/aromatic N) is 3. The van der Waals surface area contributed by atoms with Crippen LogP contribution in [-0.4, -0.2) is 14.1 Å². The van der Waals surface area contributed by atoms with Gasteiger partial charge in [0.2, 0.25) is 0 Å². The van der Waals surface area contributed by atoms with Crippen molar-refractivity contribution >= 4 is 8.07 Å². The first-order chi connectivity index (χ1) is 9.76. The van der Waals surface area contributed by atoms with E-state index in [9.17, 15) is 0 Å². The third-order valence-corrected chi connectivity index (χ3v) is 10.6. The first-order valence-electron chi connectivity index (χ1n) is 7.84. The fraction of sp³-hybridized carbons (Fsp3) is 0.647. The lowest BCUT2D eigenvalue weighted by Gasteiger charge is -2.37. The third-order valence-electron chi connectivity index (χ3n) is 4.96. The molecule has 1 atom stereocenters. The molecule has 0 spiro atoms. The van der Waals surface area contributed by atoms with Crippen LogP contribution in [-0.2, 0) is 6.42 Å². The summed E-state index contributed by atoms with van der Waals surface area (Å²) in [5.74, 6) is 0. The van der Waals surface area contributed by atoms with Crippen molar-refractivity contribution in [1.82, 2.24) is 0 Å². The number of aryl methyl sites for hydroxylation is 1. The summed E-state index contributed by atoms with van der Waals surface area (Å²) >= 11 is 0. The Hall–Kier alpha value is -1.25. The minimum absolute atomic E-state index is 0.129. The average Bonchev–Trinajstić information content (AvgIpc) is 2.42. The Balaban J connectivity index is 2.57. The predicted molar refractivity (Wildman–Crippen MR) is 94.3 cm³/mol. The second-order valence-electron chi connectivity index (χ2n) is 7.56. The van der Waals surface area contributed by atoms with Crippen LogP contribution in [0.2, 0.25) is 24.2 Å². The summed E-state index contributed by atoms with van der Waals surface area (Å²) < 4.78 is 0. The van der Waals surface area contributed by atoms with E-state index in [0.29, 0.717) is 5.04 Å². The van der Waals surface area contributed by atoms with Crippen molar-refractivity contribution in [2.24, 2.45) is 5.11 Å². The van der Waals surface area contributed by atoms with Crippen molar-refractivity contribution in [2.45, 2.75) is 70.3 Å². The van der Waals surface area contributed by atoms with Gasteiger partial charge in [0, 0.05) is 11.0 Å². The van der Waals surface area contributed by atoms with Crippen LogP contribution < -0.4 is 0 Å². The summed E-state index contributed by atoms with van der Waals surface area (Å²) in [7, 11) is -1.29. The molecule has 0 fully saturated rings. The molecule has 21 heavy (non-hydrogen) atoms. The molecule has 0 saturated heterocycles. The maximum Gasteiger partial charge on any atom is 0.0527 e. The quantitative estimate of drug-likeness (QED) is 0.249. The van der Waals surface area contributed by atoms with E-state index in [1.165, 1.54) is 11.6 Å². The van der Waals surface area contributed by atoms with Crippen LogP contribution in [0.3, 0.4) is 0 Å². The molecule has 0 N–H and O–H groups in total. The summed E-state index contributed by atoms with van der Waals surface area (Å²) in [6.45, 7) is 11.9. The molecule has 0 aliphatic carbocycles. The average molecular weight is 304 g/mol. The van der Waals surface area contributed by atoms with Gasteiger partial charge in [0.25, 0.3) is 0 Å². The van der Waals surface area contributed by atoms with Crippen LogP contribution in [0, 0.1) is 0 Å². The minimum Gasteiger partial charge on any atom is -0.0906 e. The van der Waals surface area contributed by atoms with Crippen LogP contribution in [0.15, 0.2) is 35.4 Å². The van der Waals surface area contributed by atoms with Crippen molar-refractivity contribution in [3.8, 4) is 0 Å². The van der Waals surface area contributed by atoms with Gasteiger partial charge in [-0.2, -0.15) is 0 Å². The summed E-state index contributed by atoms with van der Waals surface area (Å²) in [5, 5.41) is 4.42. The Morgan fingerprint density at radius 3 is 2.29 bits per heavy atom. The predicted octanol–water partition coefficient (Wildman–Crippen LogP) is 6.20. The first-order valence-corrected chi connectivity index (χ1v) is 11.0.